The molecule has 0 unspecified atom stereocenters. The minimum Gasteiger partial charge on any atom is -0.212 e. The van der Waals surface area contributed by atoms with Crippen LogP contribution in [0.4, 0.5) is 0 Å². The average Bonchev–Trinajstić information content (AvgIpc) is 2.28. The molecule has 0 aromatic carbocycles. The van der Waals surface area contributed by atoms with Crippen molar-refractivity contribution >= 4 is 10.0 Å². The van der Waals surface area contributed by atoms with Crippen molar-refractivity contribution in [3.63, 3.8) is 0 Å². The molecule has 4 heteroatoms. The quantitative estimate of drug-likeness (QED) is 0.746. The molecular formula is C14H29NO2S. The molecule has 1 saturated carbocycles. The van der Waals surface area contributed by atoms with Gasteiger partial charge in [-0.2, -0.15) is 0 Å². The zero-order valence-electron chi connectivity index (χ0n) is 12.4. The van der Waals surface area contributed by atoms with Gasteiger partial charge in [0.15, 0.2) is 0 Å². The molecule has 0 radical (unpaired) electrons. The molecule has 1 fully saturated rings. The van der Waals surface area contributed by atoms with Crippen molar-refractivity contribution in [3.8, 4) is 0 Å². The predicted molar refractivity (Wildman–Crippen MR) is 77.0 cm³/mol. The van der Waals surface area contributed by atoms with Crippen LogP contribution >= 0.6 is 0 Å². The van der Waals surface area contributed by atoms with Crippen molar-refractivity contribution in [1.29, 1.82) is 0 Å². The minimum absolute atomic E-state index is 0.236. The third-order valence-electron chi connectivity index (χ3n) is 4.21. The number of rotatable bonds is 6. The first-order valence-electron chi connectivity index (χ1n) is 7.32. The smallest absolute Gasteiger partial charge is 0.212 e. The van der Waals surface area contributed by atoms with E-state index in [1.807, 2.05) is 6.92 Å². The maximum absolute atomic E-state index is 12.3. The summed E-state index contributed by atoms with van der Waals surface area (Å²) in [5, 5.41) is 0. The number of nitrogens with zero attached hydrogens (tertiary/aromatic N) is 1. The summed E-state index contributed by atoms with van der Waals surface area (Å²) in [6.07, 6.45) is 6.43. The first kappa shape index (κ1) is 16.0. The lowest BCUT2D eigenvalue weighted by molar-refractivity contribution is 0.245. The molecule has 0 saturated heterocycles. The van der Waals surface area contributed by atoms with Crippen LogP contribution in [0.5, 0.6) is 0 Å². The molecule has 108 valence electrons. The summed E-state index contributed by atoms with van der Waals surface area (Å²) in [7, 11) is -1.29. The summed E-state index contributed by atoms with van der Waals surface area (Å²) in [4.78, 5) is 0. The molecule has 0 bridgehead atoms. The van der Waals surface area contributed by atoms with Crippen LogP contribution in [0.15, 0.2) is 0 Å². The predicted octanol–water partition coefficient (Wildman–Crippen LogP) is 3.26. The number of hydrogen-bond donors (Lipinski definition) is 0. The largest absolute Gasteiger partial charge is 0.214 e. The topological polar surface area (TPSA) is 37.4 Å². The van der Waals surface area contributed by atoms with Gasteiger partial charge >= 0.3 is 0 Å². The van der Waals surface area contributed by atoms with Crippen molar-refractivity contribution in [2.75, 3.05) is 12.8 Å². The SMILES string of the molecule is CCC[C@H](C)CS(=O)(=O)N(C)C1CCC(C)CC1. The van der Waals surface area contributed by atoms with Crippen LogP contribution in [-0.2, 0) is 10.0 Å². The van der Waals surface area contributed by atoms with Crippen LogP contribution in [0.2, 0.25) is 0 Å². The Morgan fingerprint density at radius 2 is 1.78 bits per heavy atom. The van der Waals surface area contributed by atoms with E-state index in [0.717, 1.165) is 44.4 Å². The van der Waals surface area contributed by atoms with E-state index in [2.05, 4.69) is 13.8 Å². The number of hydrogen-bond acceptors (Lipinski definition) is 2. The van der Waals surface area contributed by atoms with Crippen LogP contribution < -0.4 is 0 Å². The van der Waals surface area contributed by atoms with Crippen LogP contribution in [0.25, 0.3) is 0 Å². The van der Waals surface area contributed by atoms with E-state index >= 15 is 0 Å². The van der Waals surface area contributed by atoms with Crippen LogP contribution in [0.3, 0.4) is 0 Å². The van der Waals surface area contributed by atoms with Crippen molar-refractivity contribution in [1.82, 2.24) is 4.31 Å². The summed E-state index contributed by atoms with van der Waals surface area (Å²) in [6, 6.07) is 0.236. The molecule has 3 nitrogen and oxygen atoms in total. The molecule has 0 heterocycles. The molecule has 1 aliphatic carbocycles. The van der Waals surface area contributed by atoms with Crippen LogP contribution in [-0.4, -0.2) is 31.6 Å². The Hall–Kier alpha value is -0.0900. The molecule has 0 N–H and O–H groups in total. The van der Waals surface area contributed by atoms with Gasteiger partial charge in [0, 0.05) is 13.1 Å². The van der Waals surface area contributed by atoms with E-state index in [1.165, 1.54) is 0 Å². The van der Waals surface area contributed by atoms with E-state index in [0.29, 0.717) is 5.75 Å². The van der Waals surface area contributed by atoms with Gasteiger partial charge in [-0.3, -0.25) is 0 Å². The molecule has 0 aliphatic heterocycles. The van der Waals surface area contributed by atoms with E-state index < -0.39 is 10.0 Å². The molecule has 1 rings (SSSR count). The summed E-state index contributed by atoms with van der Waals surface area (Å²) in [5.41, 5.74) is 0. The highest BCUT2D eigenvalue weighted by Crippen LogP contribution is 2.28. The monoisotopic (exact) mass is 275 g/mol. The Labute approximate surface area is 113 Å². The highest BCUT2D eigenvalue weighted by atomic mass is 32.2. The van der Waals surface area contributed by atoms with Gasteiger partial charge < -0.3 is 0 Å². The van der Waals surface area contributed by atoms with Gasteiger partial charge in [-0.05, 0) is 43.9 Å². The first-order valence-corrected chi connectivity index (χ1v) is 8.93. The van der Waals surface area contributed by atoms with Crippen LogP contribution in [0.1, 0.15) is 59.3 Å². The molecule has 1 aliphatic rings. The third-order valence-corrected chi connectivity index (χ3v) is 6.38. The summed E-state index contributed by atoms with van der Waals surface area (Å²) in [5.74, 6) is 1.34. The van der Waals surface area contributed by atoms with E-state index in [9.17, 15) is 8.42 Å². The Morgan fingerprint density at radius 1 is 1.22 bits per heavy atom. The fourth-order valence-electron chi connectivity index (χ4n) is 2.89. The normalized spacial score (nSPS) is 27.4. The number of sulfonamides is 1. The van der Waals surface area contributed by atoms with Crippen molar-refractivity contribution < 1.29 is 8.42 Å². The Balaban J connectivity index is 2.56. The van der Waals surface area contributed by atoms with Crippen molar-refractivity contribution in [2.24, 2.45) is 11.8 Å². The lowest BCUT2D eigenvalue weighted by atomic mass is 9.87. The average molecular weight is 275 g/mol. The lowest BCUT2D eigenvalue weighted by Crippen LogP contribution is -2.41. The maximum atomic E-state index is 12.3. The molecule has 0 aromatic rings. The second-order valence-electron chi connectivity index (χ2n) is 6.10. The van der Waals surface area contributed by atoms with E-state index in [-0.39, 0.29) is 12.0 Å². The zero-order valence-corrected chi connectivity index (χ0v) is 13.2. The van der Waals surface area contributed by atoms with Crippen LogP contribution in [0, 0.1) is 11.8 Å². The highest BCUT2D eigenvalue weighted by molar-refractivity contribution is 7.89. The van der Waals surface area contributed by atoms with E-state index in [4.69, 9.17) is 0 Å². The van der Waals surface area contributed by atoms with Gasteiger partial charge in [-0.15, -0.1) is 0 Å². The van der Waals surface area contributed by atoms with Gasteiger partial charge in [-0.25, -0.2) is 12.7 Å². The first-order chi connectivity index (χ1) is 8.36. The Bertz CT molecular complexity index is 332. The summed E-state index contributed by atoms with van der Waals surface area (Å²) < 4.78 is 26.3. The Kier molecular flexibility index (Phi) is 6.12. The van der Waals surface area contributed by atoms with Gasteiger partial charge in [0.05, 0.1) is 5.75 Å². The van der Waals surface area contributed by atoms with Crippen molar-refractivity contribution in [2.45, 2.75) is 65.3 Å². The standard InChI is InChI=1S/C14H29NO2S/c1-5-6-13(3)11-18(16,17)15(4)14-9-7-12(2)8-10-14/h12-14H,5-11H2,1-4H3/t12?,13-,14?/m0/s1. The molecule has 0 aromatic heterocycles. The fraction of sp³-hybridized carbons (Fsp3) is 1.00. The van der Waals surface area contributed by atoms with E-state index in [1.54, 1.807) is 11.4 Å². The molecule has 0 amide bonds. The molecule has 0 spiro atoms. The van der Waals surface area contributed by atoms with Gasteiger partial charge in [-0.1, -0.05) is 27.2 Å². The fourth-order valence-corrected chi connectivity index (χ4v) is 4.67. The molecule has 1 atom stereocenters. The summed E-state index contributed by atoms with van der Waals surface area (Å²) >= 11 is 0. The zero-order chi connectivity index (χ0) is 13.8. The van der Waals surface area contributed by atoms with Crippen molar-refractivity contribution in [3.05, 3.63) is 0 Å². The van der Waals surface area contributed by atoms with Gasteiger partial charge in [0.2, 0.25) is 10.0 Å². The highest BCUT2D eigenvalue weighted by Gasteiger charge is 2.30. The third kappa shape index (κ3) is 4.54. The minimum atomic E-state index is -3.07. The lowest BCUT2D eigenvalue weighted by Gasteiger charge is -2.33. The van der Waals surface area contributed by atoms with Gasteiger partial charge in [0.1, 0.15) is 0 Å². The second-order valence-corrected chi connectivity index (χ2v) is 8.18. The second kappa shape index (κ2) is 6.90. The molecular weight excluding hydrogens is 246 g/mol. The maximum Gasteiger partial charge on any atom is 0.214 e. The Morgan fingerprint density at radius 3 is 2.28 bits per heavy atom. The summed E-state index contributed by atoms with van der Waals surface area (Å²) in [6.45, 7) is 6.40. The molecule has 18 heavy (non-hydrogen) atoms. The van der Waals surface area contributed by atoms with Gasteiger partial charge in [0.25, 0.3) is 0 Å².